The standard InChI is InChI=1S/C9H9NO5/c1-2-6-4(8(12)13)3-5(9(14)15)7(11)10-6/h3H,2H2,1H3,(H,10,11)(H,12,13)(H,14,15). The number of pyridine rings is 1. The molecule has 0 aliphatic heterocycles. The van der Waals surface area contributed by atoms with E-state index in [0.717, 1.165) is 6.07 Å². The highest BCUT2D eigenvalue weighted by atomic mass is 16.4. The molecule has 1 aromatic rings. The van der Waals surface area contributed by atoms with Crippen molar-refractivity contribution < 1.29 is 19.8 Å². The lowest BCUT2D eigenvalue weighted by Crippen LogP contribution is -2.21. The molecule has 1 aromatic heterocycles. The Morgan fingerprint density at radius 3 is 2.20 bits per heavy atom. The van der Waals surface area contributed by atoms with Gasteiger partial charge < -0.3 is 15.2 Å². The van der Waals surface area contributed by atoms with Crippen LogP contribution in [0.25, 0.3) is 0 Å². The molecular weight excluding hydrogens is 202 g/mol. The van der Waals surface area contributed by atoms with Crippen LogP contribution in [0.4, 0.5) is 0 Å². The van der Waals surface area contributed by atoms with Gasteiger partial charge in [0.05, 0.1) is 5.56 Å². The largest absolute Gasteiger partial charge is 0.478 e. The van der Waals surface area contributed by atoms with E-state index in [1.807, 2.05) is 0 Å². The first-order valence-electron chi connectivity index (χ1n) is 4.20. The van der Waals surface area contributed by atoms with Gasteiger partial charge in [0.15, 0.2) is 0 Å². The maximum atomic E-state index is 11.2. The predicted octanol–water partition coefficient (Wildman–Crippen LogP) is 0.334. The predicted molar refractivity (Wildman–Crippen MR) is 50.4 cm³/mol. The first-order valence-corrected chi connectivity index (χ1v) is 4.20. The summed E-state index contributed by atoms with van der Waals surface area (Å²) in [5.74, 6) is -2.70. The van der Waals surface area contributed by atoms with Crippen molar-refractivity contribution in [2.24, 2.45) is 0 Å². The molecule has 0 saturated carbocycles. The molecule has 0 bridgehead atoms. The second kappa shape index (κ2) is 3.95. The van der Waals surface area contributed by atoms with Crippen LogP contribution >= 0.6 is 0 Å². The maximum absolute atomic E-state index is 11.2. The minimum Gasteiger partial charge on any atom is -0.478 e. The van der Waals surface area contributed by atoms with Crippen molar-refractivity contribution in [3.8, 4) is 0 Å². The van der Waals surface area contributed by atoms with Gasteiger partial charge in [-0.2, -0.15) is 0 Å². The van der Waals surface area contributed by atoms with Gasteiger partial charge in [0.2, 0.25) is 0 Å². The summed E-state index contributed by atoms with van der Waals surface area (Å²) in [6, 6.07) is 0.877. The summed E-state index contributed by atoms with van der Waals surface area (Å²) < 4.78 is 0. The van der Waals surface area contributed by atoms with E-state index >= 15 is 0 Å². The smallest absolute Gasteiger partial charge is 0.341 e. The topological polar surface area (TPSA) is 107 Å². The van der Waals surface area contributed by atoms with E-state index in [4.69, 9.17) is 10.2 Å². The lowest BCUT2D eigenvalue weighted by molar-refractivity contribution is 0.0695. The average molecular weight is 211 g/mol. The number of carboxylic acid groups (broad SMARTS) is 2. The quantitative estimate of drug-likeness (QED) is 0.667. The normalized spacial score (nSPS) is 9.93. The van der Waals surface area contributed by atoms with Crippen LogP contribution in [0.15, 0.2) is 10.9 Å². The van der Waals surface area contributed by atoms with Crippen LogP contribution in [0, 0.1) is 0 Å². The molecule has 0 spiro atoms. The Morgan fingerprint density at radius 2 is 1.80 bits per heavy atom. The fourth-order valence-corrected chi connectivity index (χ4v) is 1.20. The number of carboxylic acids is 2. The van der Waals surface area contributed by atoms with Gasteiger partial charge in [-0.05, 0) is 12.5 Å². The molecule has 0 unspecified atom stereocenters. The third-order valence-corrected chi connectivity index (χ3v) is 1.94. The Bertz CT molecular complexity index is 474. The van der Waals surface area contributed by atoms with Crippen molar-refractivity contribution in [3.05, 3.63) is 33.2 Å². The Balaban J connectivity index is 3.51. The summed E-state index contributed by atoms with van der Waals surface area (Å²) in [6.07, 6.45) is 0.316. The molecule has 3 N–H and O–H groups in total. The lowest BCUT2D eigenvalue weighted by Gasteiger charge is -2.03. The van der Waals surface area contributed by atoms with E-state index in [-0.39, 0.29) is 11.3 Å². The molecule has 0 atom stereocenters. The number of H-pyrrole nitrogens is 1. The zero-order valence-electron chi connectivity index (χ0n) is 7.90. The van der Waals surface area contributed by atoms with Gasteiger partial charge in [-0.1, -0.05) is 6.92 Å². The molecule has 6 heteroatoms. The Labute approximate surface area is 84.2 Å². The first-order chi connectivity index (χ1) is 6.97. The third kappa shape index (κ3) is 2.04. The number of rotatable bonds is 3. The van der Waals surface area contributed by atoms with Crippen LogP contribution in [0.2, 0.25) is 0 Å². The average Bonchev–Trinajstić information content (AvgIpc) is 2.16. The highest BCUT2D eigenvalue weighted by Gasteiger charge is 2.16. The summed E-state index contributed by atoms with van der Waals surface area (Å²) in [4.78, 5) is 34.8. The van der Waals surface area contributed by atoms with Gasteiger partial charge in [0.1, 0.15) is 5.56 Å². The number of aromatic carboxylic acids is 2. The fraction of sp³-hybridized carbons (Fsp3) is 0.222. The minimum absolute atomic E-state index is 0.186. The number of hydrogen-bond acceptors (Lipinski definition) is 3. The molecule has 1 heterocycles. The minimum atomic E-state index is -1.44. The number of nitrogens with one attached hydrogen (secondary N) is 1. The summed E-state index contributed by atoms with van der Waals surface area (Å²) in [6.45, 7) is 1.66. The monoisotopic (exact) mass is 211 g/mol. The molecule has 0 fully saturated rings. The molecule has 0 aliphatic carbocycles. The molecule has 0 radical (unpaired) electrons. The van der Waals surface area contributed by atoms with Crippen LogP contribution in [-0.4, -0.2) is 27.1 Å². The van der Waals surface area contributed by atoms with E-state index in [2.05, 4.69) is 4.98 Å². The lowest BCUT2D eigenvalue weighted by atomic mass is 10.1. The summed E-state index contributed by atoms with van der Waals surface area (Å²) >= 11 is 0. The Hall–Kier alpha value is -2.11. The van der Waals surface area contributed by atoms with Gasteiger partial charge in [0.25, 0.3) is 5.56 Å². The molecule has 0 aromatic carbocycles. The van der Waals surface area contributed by atoms with Crippen LogP contribution < -0.4 is 5.56 Å². The summed E-state index contributed by atoms with van der Waals surface area (Å²) in [5.41, 5.74) is -1.32. The van der Waals surface area contributed by atoms with E-state index in [0.29, 0.717) is 6.42 Å². The zero-order valence-corrected chi connectivity index (χ0v) is 7.90. The van der Waals surface area contributed by atoms with Crippen molar-refractivity contribution >= 4 is 11.9 Å². The maximum Gasteiger partial charge on any atom is 0.341 e. The zero-order chi connectivity index (χ0) is 11.6. The number of hydrogen-bond donors (Lipinski definition) is 3. The van der Waals surface area contributed by atoms with Crippen molar-refractivity contribution in [3.63, 3.8) is 0 Å². The second-order valence-corrected chi connectivity index (χ2v) is 2.87. The second-order valence-electron chi connectivity index (χ2n) is 2.87. The molecule has 0 aliphatic rings. The van der Waals surface area contributed by atoms with Crippen molar-refractivity contribution in [1.29, 1.82) is 0 Å². The van der Waals surface area contributed by atoms with E-state index < -0.39 is 23.1 Å². The fourth-order valence-electron chi connectivity index (χ4n) is 1.20. The van der Waals surface area contributed by atoms with Gasteiger partial charge in [-0.3, -0.25) is 4.79 Å². The van der Waals surface area contributed by atoms with Crippen LogP contribution in [0.3, 0.4) is 0 Å². The van der Waals surface area contributed by atoms with Crippen LogP contribution in [-0.2, 0) is 6.42 Å². The van der Waals surface area contributed by atoms with Gasteiger partial charge in [-0.25, -0.2) is 9.59 Å². The number of aromatic amines is 1. The Kier molecular flexibility index (Phi) is 2.89. The summed E-state index contributed by atoms with van der Waals surface area (Å²) in [5, 5.41) is 17.4. The number of aromatic nitrogens is 1. The molecule has 15 heavy (non-hydrogen) atoms. The highest BCUT2D eigenvalue weighted by molar-refractivity contribution is 5.94. The molecule has 80 valence electrons. The molecular formula is C9H9NO5. The number of carbonyl (C=O) groups is 2. The SMILES string of the molecule is CCc1[nH]c(=O)c(C(=O)O)cc1C(=O)O. The van der Waals surface area contributed by atoms with Gasteiger partial charge >= 0.3 is 11.9 Å². The van der Waals surface area contributed by atoms with Crippen molar-refractivity contribution in [2.45, 2.75) is 13.3 Å². The van der Waals surface area contributed by atoms with E-state index in [1.165, 1.54) is 0 Å². The molecule has 0 amide bonds. The highest BCUT2D eigenvalue weighted by Crippen LogP contribution is 2.06. The molecule has 1 rings (SSSR count). The van der Waals surface area contributed by atoms with Crippen molar-refractivity contribution in [2.75, 3.05) is 0 Å². The van der Waals surface area contributed by atoms with Crippen LogP contribution in [0.1, 0.15) is 33.3 Å². The molecule has 6 nitrogen and oxygen atoms in total. The van der Waals surface area contributed by atoms with Gasteiger partial charge in [0, 0.05) is 5.69 Å². The van der Waals surface area contributed by atoms with E-state index in [9.17, 15) is 14.4 Å². The first kappa shape index (κ1) is 11.0. The van der Waals surface area contributed by atoms with E-state index in [1.54, 1.807) is 6.92 Å². The Morgan fingerprint density at radius 1 is 1.27 bits per heavy atom. The number of aryl methyl sites for hydroxylation is 1. The van der Waals surface area contributed by atoms with Gasteiger partial charge in [-0.15, -0.1) is 0 Å². The third-order valence-electron chi connectivity index (χ3n) is 1.94. The van der Waals surface area contributed by atoms with Crippen molar-refractivity contribution in [1.82, 2.24) is 4.98 Å². The summed E-state index contributed by atoms with van der Waals surface area (Å²) in [7, 11) is 0. The van der Waals surface area contributed by atoms with Crippen LogP contribution in [0.5, 0.6) is 0 Å². The molecule has 0 saturated heterocycles.